The number of nitrogens with zero attached hydrogens (tertiary/aromatic N) is 2. The molecule has 1 N–H and O–H groups in total. The number of aromatic nitrogens is 2. The summed E-state index contributed by atoms with van der Waals surface area (Å²) < 4.78 is 5.30. The van der Waals surface area contributed by atoms with Gasteiger partial charge in [0.2, 0.25) is 0 Å². The number of hydrogen-bond donors (Lipinski definition) is 1. The zero-order valence-electron chi connectivity index (χ0n) is 9.41. The summed E-state index contributed by atoms with van der Waals surface area (Å²) in [6.45, 7) is 1.38. The van der Waals surface area contributed by atoms with E-state index in [0.29, 0.717) is 6.61 Å². The van der Waals surface area contributed by atoms with Crippen molar-refractivity contribution < 1.29 is 9.84 Å². The number of fused-ring (bicyclic) bond motifs is 1. The van der Waals surface area contributed by atoms with Crippen molar-refractivity contribution in [1.29, 1.82) is 0 Å². The van der Waals surface area contributed by atoms with E-state index in [1.807, 2.05) is 18.2 Å². The first-order chi connectivity index (χ1) is 8.34. The van der Waals surface area contributed by atoms with Crippen molar-refractivity contribution >= 4 is 11.0 Å². The lowest BCUT2D eigenvalue weighted by Crippen LogP contribution is -2.12. The first-order valence-corrected chi connectivity index (χ1v) is 5.81. The molecule has 0 amide bonds. The Morgan fingerprint density at radius 1 is 1.24 bits per heavy atom. The minimum absolute atomic E-state index is 0.198. The van der Waals surface area contributed by atoms with Crippen LogP contribution in [-0.2, 0) is 4.74 Å². The van der Waals surface area contributed by atoms with E-state index in [0.717, 1.165) is 29.6 Å². The highest BCUT2D eigenvalue weighted by molar-refractivity contribution is 5.74. The fraction of sp³-hybridized carbons (Fsp3) is 0.385. The molecule has 0 spiro atoms. The first kappa shape index (κ1) is 10.6. The molecule has 4 heteroatoms. The summed E-state index contributed by atoms with van der Waals surface area (Å²) >= 11 is 0. The second-order valence-electron chi connectivity index (χ2n) is 4.37. The van der Waals surface area contributed by atoms with Crippen molar-refractivity contribution in [1.82, 2.24) is 9.97 Å². The Bertz CT molecular complexity index is 524. The third-order valence-corrected chi connectivity index (χ3v) is 3.25. The Labute approximate surface area is 99.3 Å². The molecule has 2 heterocycles. The molecule has 88 valence electrons. The van der Waals surface area contributed by atoms with Crippen LogP contribution in [0.25, 0.3) is 11.0 Å². The molecule has 0 radical (unpaired) electrons. The molecule has 2 atom stereocenters. The van der Waals surface area contributed by atoms with E-state index in [9.17, 15) is 5.11 Å². The van der Waals surface area contributed by atoms with Crippen LogP contribution in [0, 0.1) is 5.92 Å². The third kappa shape index (κ3) is 2.01. The van der Waals surface area contributed by atoms with Gasteiger partial charge in [-0.05, 0) is 24.1 Å². The fourth-order valence-electron chi connectivity index (χ4n) is 2.24. The smallest absolute Gasteiger partial charge is 0.0890 e. The Hall–Kier alpha value is -1.52. The van der Waals surface area contributed by atoms with Gasteiger partial charge in [0.1, 0.15) is 0 Å². The number of rotatable bonds is 2. The molecule has 1 aromatic carbocycles. The quantitative estimate of drug-likeness (QED) is 0.853. The number of ether oxygens (including phenoxy) is 1. The van der Waals surface area contributed by atoms with E-state index in [1.54, 1.807) is 12.4 Å². The zero-order chi connectivity index (χ0) is 11.7. The maximum atomic E-state index is 10.3. The molecule has 17 heavy (non-hydrogen) atoms. The molecule has 0 saturated carbocycles. The van der Waals surface area contributed by atoms with Crippen molar-refractivity contribution in [2.24, 2.45) is 5.92 Å². The summed E-state index contributed by atoms with van der Waals surface area (Å²) in [4.78, 5) is 8.46. The number of benzene rings is 1. The highest BCUT2D eigenvalue weighted by atomic mass is 16.5. The second-order valence-corrected chi connectivity index (χ2v) is 4.37. The van der Waals surface area contributed by atoms with E-state index in [1.165, 1.54) is 0 Å². The van der Waals surface area contributed by atoms with Gasteiger partial charge < -0.3 is 9.84 Å². The van der Waals surface area contributed by atoms with Crippen LogP contribution in [0.15, 0.2) is 30.6 Å². The molecule has 0 aliphatic carbocycles. The Morgan fingerprint density at radius 2 is 2.06 bits per heavy atom. The van der Waals surface area contributed by atoms with E-state index in [2.05, 4.69) is 9.97 Å². The summed E-state index contributed by atoms with van der Waals surface area (Å²) in [6, 6.07) is 5.72. The summed E-state index contributed by atoms with van der Waals surface area (Å²) in [7, 11) is 0. The molecule has 1 fully saturated rings. The van der Waals surface area contributed by atoms with Crippen LogP contribution in [0.1, 0.15) is 18.1 Å². The molecule has 1 aliphatic heterocycles. The molecule has 3 rings (SSSR count). The number of aliphatic hydroxyl groups excluding tert-OH is 1. The summed E-state index contributed by atoms with van der Waals surface area (Å²) in [5.41, 5.74) is 2.57. The summed E-state index contributed by atoms with van der Waals surface area (Å²) in [5.74, 6) is 0.198. The van der Waals surface area contributed by atoms with Crippen molar-refractivity contribution in [2.45, 2.75) is 12.5 Å². The van der Waals surface area contributed by atoms with Crippen molar-refractivity contribution in [3.63, 3.8) is 0 Å². The molecule has 2 unspecified atom stereocenters. The first-order valence-electron chi connectivity index (χ1n) is 5.81. The fourth-order valence-corrected chi connectivity index (χ4v) is 2.24. The average Bonchev–Trinajstić information content (AvgIpc) is 2.91. The van der Waals surface area contributed by atoms with Gasteiger partial charge in [0.15, 0.2) is 0 Å². The minimum Gasteiger partial charge on any atom is -0.388 e. The van der Waals surface area contributed by atoms with Gasteiger partial charge in [-0.15, -0.1) is 0 Å². The zero-order valence-corrected chi connectivity index (χ0v) is 9.41. The average molecular weight is 230 g/mol. The highest BCUT2D eigenvalue weighted by Crippen LogP contribution is 2.29. The predicted molar refractivity (Wildman–Crippen MR) is 63.4 cm³/mol. The van der Waals surface area contributed by atoms with Gasteiger partial charge in [0.05, 0.1) is 23.7 Å². The van der Waals surface area contributed by atoms with Gasteiger partial charge in [-0.3, -0.25) is 9.97 Å². The van der Waals surface area contributed by atoms with E-state index >= 15 is 0 Å². The van der Waals surface area contributed by atoms with Crippen molar-refractivity contribution in [3.05, 3.63) is 36.2 Å². The molecule has 1 saturated heterocycles. The molecule has 1 aromatic heterocycles. The standard InChI is InChI=1S/C13H14N2O2/c16-13(10-3-6-17-8-10)9-1-2-11-12(7-9)15-5-4-14-11/h1-2,4-5,7,10,13,16H,3,6,8H2. The normalized spacial score (nSPS) is 21.8. The molecular formula is C13H14N2O2. The summed E-state index contributed by atoms with van der Waals surface area (Å²) in [5, 5.41) is 10.3. The lowest BCUT2D eigenvalue weighted by atomic mass is 9.95. The lowest BCUT2D eigenvalue weighted by molar-refractivity contribution is 0.0919. The van der Waals surface area contributed by atoms with Gasteiger partial charge in [0.25, 0.3) is 0 Å². The van der Waals surface area contributed by atoms with Gasteiger partial charge in [-0.1, -0.05) is 6.07 Å². The Morgan fingerprint density at radius 3 is 2.82 bits per heavy atom. The van der Waals surface area contributed by atoms with E-state index in [4.69, 9.17) is 4.74 Å². The van der Waals surface area contributed by atoms with E-state index < -0.39 is 6.10 Å². The maximum Gasteiger partial charge on any atom is 0.0890 e. The van der Waals surface area contributed by atoms with Crippen LogP contribution in [-0.4, -0.2) is 28.3 Å². The lowest BCUT2D eigenvalue weighted by Gasteiger charge is -2.16. The largest absolute Gasteiger partial charge is 0.388 e. The highest BCUT2D eigenvalue weighted by Gasteiger charge is 2.25. The number of aliphatic hydroxyl groups is 1. The molecule has 1 aliphatic rings. The molecule has 4 nitrogen and oxygen atoms in total. The van der Waals surface area contributed by atoms with Crippen molar-refractivity contribution in [2.75, 3.05) is 13.2 Å². The van der Waals surface area contributed by atoms with Crippen LogP contribution in [0.3, 0.4) is 0 Å². The molecule has 0 bridgehead atoms. The number of hydrogen-bond acceptors (Lipinski definition) is 4. The minimum atomic E-state index is -0.469. The topological polar surface area (TPSA) is 55.2 Å². The predicted octanol–water partition coefficient (Wildman–Crippen LogP) is 1.70. The van der Waals surface area contributed by atoms with Crippen LogP contribution < -0.4 is 0 Å². The van der Waals surface area contributed by atoms with Crippen LogP contribution in [0.5, 0.6) is 0 Å². The summed E-state index contributed by atoms with van der Waals surface area (Å²) in [6.07, 6.45) is 3.78. The van der Waals surface area contributed by atoms with Crippen LogP contribution in [0.4, 0.5) is 0 Å². The maximum absolute atomic E-state index is 10.3. The Kier molecular flexibility index (Phi) is 2.74. The van der Waals surface area contributed by atoms with Crippen LogP contribution in [0.2, 0.25) is 0 Å². The molecular weight excluding hydrogens is 216 g/mol. The van der Waals surface area contributed by atoms with Gasteiger partial charge >= 0.3 is 0 Å². The van der Waals surface area contributed by atoms with Gasteiger partial charge in [-0.2, -0.15) is 0 Å². The Balaban J connectivity index is 1.94. The third-order valence-electron chi connectivity index (χ3n) is 3.25. The second kappa shape index (κ2) is 4.39. The van der Waals surface area contributed by atoms with E-state index in [-0.39, 0.29) is 5.92 Å². The monoisotopic (exact) mass is 230 g/mol. The van der Waals surface area contributed by atoms with Gasteiger partial charge in [-0.25, -0.2) is 0 Å². The van der Waals surface area contributed by atoms with Crippen LogP contribution >= 0.6 is 0 Å². The molecule has 2 aromatic rings. The van der Waals surface area contributed by atoms with Gasteiger partial charge in [0, 0.05) is 24.9 Å². The SMILES string of the molecule is OC(c1ccc2nccnc2c1)C1CCOC1. The van der Waals surface area contributed by atoms with Crippen molar-refractivity contribution in [3.8, 4) is 0 Å².